The maximum atomic E-state index is 12.0. The lowest BCUT2D eigenvalue weighted by atomic mass is 9.95. The maximum Gasteiger partial charge on any atom is 0.307 e. The lowest BCUT2D eigenvalue weighted by Gasteiger charge is -2.19. The fraction of sp³-hybridized carbons (Fsp3) is 0.462. The van der Waals surface area contributed by atoms with E-state index in [1.165, 1.54) is 6.92 Å². The van der Waals surface area contributed by atoms with Gasteiger partial charge in [0.15, 0.2) is 5.82 Å². The van der Waals surface area contributed by atoms with Crippen molar-refractivity contribution in [1.29, 1.82) is 0 Å². The zero-order valence-electron chi connectivity index (χ0n) is 11.5. The van der Waals surface area contributed by atoms with E-state index in [1.807, 2.05) is 14.1 Å². The van der Waals surface area contributed by atoms with Crippen LogP contribution in [0.5, 0.6) is 0 Å². The number of carboxylic acid groups (broad SMARTS) is 1. The highest BCUT2D eigenvalue weighted by molar-refractivity contribution is 5.96. The zero-order chi connectivity index (χ0) is 14.6. The summed E-state index contributed by atoms with van der Waals surface area (Å²) in [5.74, 6) is -2.04. The lowest BCUT2D eigenvalue weighted by Crippen LogP contribution is -2.30. The van der Waals surface area contributed by atoms with Gasteiger partial charge in [-0.25, -0.2) is 4.98 Å². The van der Waals surface area contributed by atoms with Crippen molar-refractivity contribution in [2.45, 2.75) is 13.8 Å². The van der Waals surface area contributed by atoms with E-state index in [0.717, 1.165) is 0 Å². The van der Waals surface area contributed by atoms with Crippen molar-refractivity contribution in [3.63, 3.8) is 0 Å². The molecule has 6 heteroatoms. The van der Waals surface area contributed by atoms with Gasteiger partial charge in [-0.3, -0.25) is 9.59 Å². The van der Waals surface area contributed by atoms with Crippen molar-refractivity contribution in [3.05, 3.63) is 18.3 Å². The number of pyridine rings is 1. The summed E-state index contributed by atoms with van der Waals surface area (Å²) in [6.45, 7) is 3.11. The summed E-state index contributed by atoms with van der Waals surface area (Å²) < 4.78 is 0. The van der Waals surface area contributed by atoms with Gasteiger partial charge in [0.05, 0.1) is 11.6 Å². The van der Waals surface area contributed by atoms with Crippen LogP contribution < -0.4 is 10.2 Å². The van der Waals surface area contributed by atoms with Crippen molar-refractivity contribution >= 4 is 23.4 Å². The molecule has 0 bridgehead atoms. The Kier molecular flexibility index (Phi) is 4.86. The van der Waals surface area contributed by atoms with E-state index < -0.39 is 17.8 Å². The first kappa shape index (κ1) is 14.9. The summed E-state index contributed by atoms with van der Waals surface area (Å²) in [7, 11) is 3.64. The van der Waals surface area contributed by atoms with Gasteiger partial charge in [0.25, 0.3) is 0 Å². The van der Waals surface area contributed by atoms with Crippen LogP contribution >= 0.6 is 0 Å². The Balaban J connectivity index is 2.85. The molecule has 0 radical (unpaired) electrons. The number of aromatic nitrogens is 1. The molecular formula is C13H19N3O3. The minimum atomic E-state index is -0.985. The molecule has 1 amide bonds. The Bertz CT molecular complexity index is 474. The van der Waals surface area contributed by atoms with Crippen molar-refractivity contribution in [3.8, 4) is 0 Å². The number of hydrogen-bond acceptors (Lipinski definition) is 4. The fourth-order valence-electron chi connectivity index (χ4n) is 1.54. The van der Waals surface area contributed by atoms with E-state index in [9.17, 15) is 9.59 Å². The molecular weight excluding hydrogens is 246 g/mol. The molecule has 0 fully saturated rings. The second-order valence-electron chi connectivity index (χ2n) is 4.67. The van der Waals surface area contributed by atoms with E-state index in [-0.39, 0.29) is 5.91 Å². The van der Waals surface area contributed by atoms with E-state index in [4.69, 9.17) is 5.11 Å². The smallest absolute Gasteiger partial charge is 0.307 e. The first-order valence-corrected chi connectivity index (χ1v) is 6.00. The fourth-order valence-corrected chi connectivity index (χ4v) is 1.54. The van der Waals surface area contributed by atoms with E-state index >= 15 is 0 Å². The van der Waals surface area contributed by atoms with Crippen LogP contribution in [0, 0.1) is 11.8 Å². The second kappa shape index (κ2) is 6.17. The topological polar surface area (TPSA) is 82.5 Å². The van der Waals surface area contributed by atoms with Crippen LogP contribution in [0.3, 0.4) is 0 Å². The molecule has 1 heterocycles. The van der Waals surface area contributed by atoms with Crippen LogP contribution in [-0.4, -0.2) is 36.1 Å². The van der Waals surface area contributed by atoms with Gasteiger partial charge in [0.2, 0.25) is 5.91 Å². The number of aliphatic carboxylic acids is 1. The van der Waals surface area contributed by atoms with Gasteiger partial charge in [-0.15, -0.1) is 0 Å². The molecule has 2 atom stereocenters. The van der Waals surface area contributed by atoms with Crippen LogP contribution in [0.15, 0.2) is 18.3 Å². The number of rotatable bonds is 5. The minimum Gasteiger partial charge on any atom is -0.481 e. The minimum absolute atomic E-state index is 0.328. The highest BCUT2D eigenvalue weighted by Gasteiger charge is 2.26. The van der Waals surface area contributed by atoms with Crippen LogP contribution in [0.1, 0.15) is 13.8 Å². The summed E-state index contributed by atoms with van der Waals surface area (Å²) in [6, 6.07) is 3.45. The first-order chi connectivity index (χ1) is 8.84. The molecule has 0 saturated carbocycles. The van der Waals surface area contributed by atoms with Crippen LogP contribution in [0.2, 0.25) is 0 Å². The predicted molar refractivity (Wildman–Crippen MR) is 73.2 cm³/mol. The van der Waals surface area contributed by atoms with Crippen molar-refractivity contribution in [1.82, 2.24) is 4.98 Å². The van der Waals surface area contributed by atoms with Gasteiger partial charge in [-0.05, 0) is 12.1 Å². The Morgan fingerprint density at radius 3 is 2.47 bits per heavy atom. The van der Waals surface area contributed by atoms with Crippen LogP contribution in [0.25, 0.3) is 0 Å². The monoisotopic (exact) mass is 265 g/mol. The molecule has 0 saturated heterocycles. The number of carbonyl (C=O) groups is 2. The zero-order valence-corrected chi connectivity index (χ0v) is 11.5. The number of carboxylic acids is 1. The Morgan fingerprint density at radius 2 is 1.95 bits per heavy atom. The molecule has 6 nitrogen and oxygen atoms in total. The molecule has 104 valence electrons. The molecule has 0 aliphatic rings. The molecule has 2 unspecified atom stereocenters. The third kappa shape index (κ3) is 3.67. The van der Waals surface area contributed by atoms with Gasteiger partial charge >= 0.3 is 5.97 Å². The highest BCUT2D eigenvalue weighted by Crippen LogP contribution is 2.22. The van der Waals surface area contributed by atoms with E-state index in [1.54, 1.807) is 30.2 Å². The van der Waals surface area contributed by atoms with Gasteiger partial charge < -0.3 is 15.3 Å². The van der Waals surface area contributed by atoms with Crippen LogP contribution in [0.4, 0.5) is 11.5 Å². The highest BCUT2D eigenvalue weighted by atomic mass is 16.4. The standard InChI is InChI=1S/C13H19N3O3/c1-8(9(2)13(18)19)12(17)15-10-6-5-7-14-11(10)16(3)4/h5-9H,1-4H3,(H,15,17)(H,18,19). The molecule has 1 aromatic rings. The normalized spacial score (nSPS) is 13.5. The summed E-state index contributed by atoms with van der Waals surface area (Å²) in [4.78, 5) is 28.8. The van der Waals surface area contributed by atoms with Gasteiger partial charge in [-0.1, -0.05) is 13.8 Å². The lowest BCUT2D eigenvalue weighted by molar-refractivity contribution is -0.145. The second-order valence-corrected chi connectivity index (χ2v) is 4.67. The summed E-state index contributed by atoms with van der Waals surface area (Å²) in [6.07, 6.45) is 1.63. The molecule has 19 heavy (non-hydrogen) atoms. The van der Waals surface area contributed by atoms with Gasteiger partial charge in [-0.2, -0.15) is 0 Å². The van der Waals surface area contributed by atoms with Crippen molar-refractivity contribution < 1.29 is 14.7 Å². The summed E-state index contributed by atoms with van der Waals surface area (Å²) in [5, 5.41) is 11.6. The Labute approximate surface area is 112 Å². The van der Waals surface area contributed by atoms with Crippen LogP contribution in [-0.2, 0) is 9.59 Å². The number of nitrogens with one attached hydrogen (secondary N) is 1. The number of anilines is 2. The number of nitrogens with zero attached hydrogens (tertiary/aromatic N) is 2. The summed E-state index contributed by atoms with van der Waals surface area (Å²) in [5.41, 5.74) is 0.571. The molecule has 0 aliphatic carbocycles. The first-order valence-electron chi connectivity index (χ1n) is 6.00. The average molecular weight is 265 g/mol. The maximum absolute atomic E-state index is 12.0. The third-order valence-corrected chi connectivity index (χ3v) is 3.02. The molecule has 0 spiro atoms. The Hall–Kier alpha value is -2.11. The average Bonchev–Trinajstić information content (AvgIpc) is 2.37. The third-order valence-electron chi connectivity index (χ3n) is 3.02. The van der Waals surface area contributed by atoms with Crippen molar-refractivity contribution in [2.75, 3.05) is 24.3 Å². The number of carbonyl (C=O) groups excluding carboxylic acids is 1. The van der Waals surface area contributed by atoms with E-state index in [0.29, 0.717) is 11.5 Å². The number of amides is 1. The van der Waals surface area contributed by atoms with Crippen molar-refractivity contribution in [2.24, 2.45) is 11.8 Å². The molecule has 0 aliphatic heterocycles. The predicted octanol–water partition coefficient (Wildman–Crippen LogP) is 1.44. The number of hydrogen-bond donors (Lipinski definition) is 2. The molecule has 1 aromatic heterocycles. The van der Waals surface area contributed by atoms with Gasteiger partial charge in [0.1, 0.15) is 0 Å². The molecule has 2 N–H and O–H groups in total. The van der Waals surface area contributed by atoms with Gasteiger partial charge in [0, 0.05) is 26.2 Å². The molecule has 0 aromatic carbocycles. The van der Waals surface area contributed by atoms with E-state index in [2.05, 4.69) is 10.3 Å². The molecule has 1 rings (SSSR count). The quantitative estimate of drug-likeness (QED) is 0.841. The SMILES string of the molecule is CC(C(=O)O)C(C)C(=O)Nc1cccnc1N(C)C. The largest absolute Gasteiger partial charge is 0.481 e. The Morgan fingerprint density at radius 1 is 1.32 bits per heavy atom. The summed E-state index contributed by atoms with van der Waals surface area (Å²) >= 11 is 0.